The molecule has 170 valence electrons. The molecular formula is C23H17N5O5S. The van der Waals surface area contributed by atoms with Gasteiger partial charge in [-0.25, -0.2) is 23.7 Å². The van der Waals surface area contributed by atoms with Gasteiger partial charge in [-0.2, -0.15) is 0 Å². The minimum absolute atomic E-state index is 0.131. The number of thiophene rings is 1. The van der Waals surface area contributed by atoms with Crippen molar-refractivity contribution in [2.45, 2.75) is 6.54 Å². The molecule has 5 aromatic rings. The van der Waals surface area contributed by atoms with Gasteiger partial charge in [0.05, 0.1) is 23.8 Å². The summed E-state index contributed by atoms with van der Waals surface area (Å²) in [5.41, 5.74) is 1.01. The normalized spacial score (nSPS) is 11.0. The Labute approximate surface area is 196 Å². The molecule has 11 heteroatoms. The Morgan fingerprint density at radius 3 is 2.62 bits per heavy atom. The van der Waals surface area contributed by atoms with E-state index < -0.39 is 17.6 Å². The van der Waals surface area contributed by atoms with Crippen molar-refractivity contribution in [3.05, 3.63) is 81.4 Å². The fourth-order valence-corrected chi connectivity index (χ4v) is 4.19. The van der Waals surface area contributed by atoms with Crippen molar-refractivity contribution in [2.75, 3.05) is 12.4 Å². The standard InChI is InChI=1S/C23H17N5O5S/c1-32-22(30)19-16(11-12-34-19)24-18(29)13-27-23(31)28-17-10-6-5-9-15(17)25-21(20(28)26-27)33-14-7-3-2-4-8-14/h2-12H,13H2,1H3,(H,24,29). The molecule has 0 saturated heterocycles. The van der Waals surface area contributed by atoms with Crippen molar-refractivity contribution in [1.82, 2.24) is 19.2 Å². The van der Waals surface area contributed by atoms with Crippen LogP contribution in [0.25, 0.3) is 16.7 Å². The molecule has 2 aromatic carbocycles. The predicted octanol–water partition coefficient (Wildman–Crippen LogP) is 3.32. The molecule has 0 unspecified atom stereocenters. The largest absolute Gasteiger partial charge is 0.465 e. The van der Waals surface area contributed by atoms with E-state index in [0.717, 1.165) is 16.0 Å². The lowest BCUT2D eigenvalue weighted by atomic mass is 10.3. The number of amides is 1. The average molecular weight is 475 g/mol. The van der Waals surface area contributed by atoms with Crippen molar-refractivity contribution in [1.29, 1.82) is 0 Å². The number of ether oxygens (including phenoxy) is 2. The zero-order valence-corrected chi connectivity index (χ0v) is 18.6. The number of anilines is 1. The third-order valence-corrected chi connectivity index (χ3v) is 5.83. The second-order valence-electron chi connectivity index (χ2n) is 7.12. The number of carbonyl (C=O) groups excluding carboxylic acids is 2. The van der Waals surface area contributed by atoms with E-state index in [0.29, 0.717) is 22.5 Å². The van der Waals surface area contributed by atoms with E-state index in [4.69, 9.17) is 9.47 Å². The number of hydrogen-bond acceptors (Lipinski definition) is 8. The van der Waals surface area contributed by atoms with E-state index in [1.54, 1.807) is 47.8 Å². The van der Waals surface area contributed by atoms with E-state index in [2.05, 4.69) is 15.4 Å². The molecule has 0 saturated carbocycles. The lowest BCUT2D eigenvalue weighted by molar-refractivity contribution is -0.117. The molecule has 0 aliphatic rings. The summed E-state index contributed by atoms with van der Waals surface area (Å²) in [5, 5.41) is 8.62. The van der Waals surface area contributed by atoms with E-state index >= 15 is 0 Å². The first-order chi connectivity index (χ1) is 16.5. The molecule has 0 radical (unpaired) electrons. The molecule has 0 aliphatic heterocycles. The first kappa shape index (κ1) is 21.3. The number of benzene rings is 2. The monoisotopic (exact) mass is 475 g/mol. The smallest absolute Gasteiger partial charge is 0.351 e. The second-order valence-corrected chi connectivity index (χ2v) is 8.04. The first-order valence-corrected chi connectivity index (χ1v) is 11.0. The zero-order chi connectivity index (χ0) is 23.7. The molecule has 0 atom stereocenters. The molecule has 1 amide bonds. The number of methoxy groups -OCH3 is 1. The van der Waals surface area contributed by atoms with Crippen LogP contribution in [-0.2, 0) is 16.1 Å². The minimum atomic E-state index is -0.560. The highest BCUT2D eigenvalue weighted by Gasteiger charge is 2.20. The number of esters is 1. The van der Waals surface area contributed by atoms with E-state index in [9.17, 15) is 14.4 Å². The van der Waals surface area contributed by atoms with Gasteiger partial charge < -0.3 is 14.8 Å². The maximum absolute atomic E-state index is 13.2. The van der Waals surface area contributed by atoms with Crippen LogP contribution in [0.2, 0.25) is 0 Å². The van der Waals surface area contributed by atoms with Gasteiger partial charge in [-0.1, -0.05) is 30.3 Å². The summed E-state index contributed by atoms with van der Waals surface area (Å²) >= 11 is 1.14. The molecule has 0 spiro atoms. The lowest BCUT2D eigenvalue weighted by Gasteiger charge is -2.07. The Morgan fingerprint density at radius 1 is 1.06 bits per heavy atom. The van der Waals surface area contributed by atoms with Crippen LogP contribution >= 0.6 is 11.3 Å². The molecule has 0 fully saturated rings. The van der Waals surface area contributed by atoms with E-state index in [-0.39, 0.29) is 22.9 Å². The van der Waals surface area contributed by atoms with Gasteiger partial charge in [0, 0.05) is 0 Å². The number of nitrogens with one attached hydrogen (secondary N) is 1. The average Bonchev–Trinajstić information content (AvgIpc) is 3.44. The summed E-state index contributed by atoms with van der Waals surface area (Å²) in [6.07, 6.45) is 0. The Balaban J connectivity index is 1.53. The van der Waals surface area contributed by atoms with Gasteiger partial charge in [0.1, 0.15) is 17.2 Å². The van der Waals surface area contributed by atoms with Crippen LogP contribution < -0.4 is 15.7 Å². The van der Waals surface area contributed by atoms with Crippen molar-refractivity contribution in [3.8, 4) is 11.6 Å². The Morgan fingerprint density at radius 2 is 1.82 bits per heavy atom. The number of carbonyl (C=O) groups is 2. The number of hydrogen-bond donors (Lipinski definition) is 1. The van der Waals surface area contributed by atoms with Crippen LogP contribution in [0.4, 0.5) is 5.69 Å². The summed E-state index contributed by atoms with van der Waals surface area (Å²) in [6.45, 7) is -0.379. The number of aromatic nitrogens is 4. The van der Waals surface area contributed by atoms with Gasteiger partial charge in [-0.15, -0.1) is 16.4 Å². The summed E-state index contributed by atoms with van der Waals surface area (Å²) < 4.78 is 13.0. The van der Waals surface area contributed by atoms with E-state index in [1.807, 2.05) is 18.2 Å². The molecule has 0 aliphatic carbocycles. The Hall–Kier alpha value is -4.51. The van der Waals surface area contributed by atoms with Gasteiger partial charge >= 0.3 is 11.7 Å². The summed E-state index contributed by atoms with van der Waals surface area (Å²) in [7, 11) is 1.26. The van der Waals surface area contributed by atoms with Crippen molar-refractivity contribution < 1.29 is 19.1 Å². The van der Waals surface area contributed by atoms with Crippen molar-refractivity contribution in [3.63, 3.8) is 0 Å². The fraction of sp³-hybridized carbons (Fsp3) is 0.0870. The van der Waals surface area contributed by atoms with Gasteiger partial charge in [-0.3, -0.25) is 4.79 Å². The number of nitrogens with zero attached hydrogens (tertiary/aromatic N) is 4. The van der Waals surface area contributed by atoms with Crippen LogP contribution in [-0.4, -0.2) is 38.2 Å². The summed E-state index contributed by atoms with van der Waals surface area (Å²) in [4.78, 5) is 42.6. The van der Waals surface area contributed by atoms with Crippen LogP contribution in [0.5, 0.6) is 11.6 Å². The molecule has 10 nitrogen and oxygen atoms in total. The topological polar surface area (TPSA) is 117 Å². The van der Waals surface area contributed by atoms with Crippen molar-refractivity contribution >= 4 is 45.6 Å². The van der Waals surface area contributed by atoms with Gasteiger partial charge in [0.15, 0.2) is 0 Å². The molecule has 3 aromatic heterocycles. The van der Waals surface area contributed by atoms with Gasteiger partial charge in [0.2, 0.25) is 11.6 Å². The molecule has 34 heavy (non-hydrogen) atoms. The number of rotatable bonds is 6. The third kappa shape index (κ3) is 3.88. The van der Waals surface area contributed by atoms with E-state index in [1.165, 1.54) is 11.5 Å². The fourth-order valence-electron chi connectivity index (χ4n) is 3.43. The van der Waals surface area contributed by atoms with Gasteiger partial charge in [0.25, 0.3) is 5.88 Å². The maximum atomic E-state index is 13.2. The van der Waals surface area contributed by atoms with Crippen LogP contribution in [0.1, 0.15) is 9.67 Å². The predicted molar refractivity (Wildman–Crippen MR) is 126 cm³/mol. The first-order valence-electron chi connectivity index (χ1n) is 10.1. The minimum Gasteiger partial charge on any atom is -0.465 e. The Kier molecular flexibility index (Phi) is 5.52. The van der Waals surface area contributed by atoms with Gasteiger partial charge in [-0.05, 0) is 35.7 Å². The molecule has 0 bridgehead atoms. The Bertz CT molecular complexity index is 1590. The molecule has 3 heterocycles. The quantitative estimate of drug-likeness (QED) is 0.375. The highest BCUT2D eigenvalue weighted by molar-refractivity contribution is 7.12. The molecular weight excluding hydrogens is 458 g/mol. The van der Waals surface area contributed by atoms with Crippen molar-refractivity contribution in [2.24, 2.45) is 0 Å². The second kappa shape index (κ2) is 8.79. The molecule has 5 rings (SSSR count). The van der Waals surface area contributed by atoms with Crippen LogP contribution in [0, 0.1) is 0 Å². The zero-order valence-electron chi connectivity index (χ0n) is 17.8. The third-order valence-electron chi connectivity index (χ3n) is 4.94. The van der Waals surface area contributed by atoms with Crippen LogP contribution in [0.3, 0.4) is 0 Å². The molecule has 1 N–H and O–H groups in total. The SMILES string of the molecule is COC(=O)c1sccc1NC(=O)Cn1nc2c(Oc3ccccc3)nc3ccccc3n2c1=O. The number of para-hydroxylation sites is 3. The highest BCUT2D eigenvalue weighted by Crippen LogP contribution is 2.26. The lowest BCUT2D eigenvalue weighted by Crippen LogP contribution is -2.28. The maximum Gasteiger partial charge on any atom is 0.351 e. The highest BCUT2D eigenvalue weighted by atomic mass is 32.1. The summed E-state index contributed by atoms with van der Waals surface area (Å²) in [6, 6.07) is 17.7. The summed E-state index contributed by atoms with van der Waals surface area (Å²) in [5.74, 6) is -0.431. The number of fused-ring (bicyclic) bond motifs is 3. The van der Waals surface area contributed by atoms with Crippen LogP contribution in [0.15, 0.2) is 70.8 Å².